The first kappa shape index (κ1) is 19.4. The average Bonchev–Trinajstić information content (AvgIpc) is 2.52. The standard InChI is InChI=1S/C18H29BrO3/c1-22-17(21)18(14-10-11-15-19)13-9-7-5-3-2-4-6-8-12-16(18)20/h10-11H,2-9,12-15H2,1H3/b11-10-. The summed E-state index contributed by atoms with van der Waals surface area (Å²) in [6.45, 7) is 0. The lowest BCUT2D eigenvalue weighted by molar-refractivity contribution is -0.158. The van der Waals surface area contributed by atoms with Crippen LogP contribution in [0.25, 0.3) is 0 Å². The van der Waals surface area contributed by atoms with Crippen molar-refractivity contribution in [2.75, 3.05) is 12.4 Å². The SMILES string of the molecule is COC(=O)C1(C/C=C\CBr)CCCCCCCCCCC1=O. The molecule has 0 heterocycles. The molecule has 4 heteroatoms. The summed E-state index contributed by atoms with van der Waals surface area (Å²) >= 11 is 3.34. The summed E-state index contributed by atoms with van der Waals surface area (Å²) < 4.78 is 5.01. The third-order valence-corrected chi connectivity index (χ3v) is 4.96. The molecule has 1 atom stereocenters. The number of carbonyl (C=O) groups is 2. The minimum absolute atomic E-state index is 0.0687. The van der Waals surface area contributed by atoms with E-state index in [0.29, 0.717) is 19.3 Å². The maximum atomic E-state index is 12.8. The van der Waals surface area contributed by atoms with Crippen LogP contribution in [0.4, 0.5) is 0 Å². The largest absolute Gasteiger partial charge is 0.468 e. The first-order valence-electron chi connectivity index (χ1n) is 8.50. The van der Waals surface area contributed by atoms with E-state index in [1.165, 1.54) is 32.8 Å². The molecule has 1 fully saturated rings. The van der Waals surface area contributed by atoms with E-state index in [2.05, 4.69) is 15.9 Å². The third-order valence-electron chi connectivity index (χ3n) is 4.59. The van der Waals surface area contributed by atoms with Gasteiger partial charge in [-0.25, -0.2) is 0 Å². The summed E-state index contributed by atoms with van der Waals surface area (Å²) in [4.78, 5) is 25.2. The summed E-state index contributed by atoms with van der Waals surface area (Å²) in [7, 11) is 1.39. The van der Waals surface area contributed by atoms with Gasteiger partial charge in [-0.05, 0) is 19.3 Å². The summed E-state index contributed by atoms with van der Waals surface area (Å²) in [5.74, 6) is -0.284. The molecule has 3 nitrogen and oxygen atoms in total. The number of carbonyl (C=O) groups excluding carboxylic acids is 2. The summed E-state index contributed by atoms with van der Waals surface area (Å²) in [5.41, 5.74) is -0.966. The average molecular weight is 373 g/mol. The molecule has 0 N–H and O–H groups in total. The highest BCUT2D eigenvalue weighted by Gasteiger charge is 2.44. The molecule has 0 bridgehead atoms. The molecule has 0 aromatic rings. The Morgan fingerprint density at radius 3 is 2.27 bits per heavy atom. The summed E-state index contributed by atoms with van der Waals surface area (Å²) in [6.07, 6.45) is 14.4. The number of ether oxygens (including phenoxy) is 1. The predicted octanol–water partition coefficient (Wildman–Crippen LogP) is 4.97. The van der Waals surface area contributed by atoms with E-state index < -0.39 is 5.41 Å². The molecule has 0 aromatic carbocycles. The Bertz CT molecular complexity index is 379. The van der Waals surface area contributed by atoms with Crippen LogP contribution >= 0.6 is 15.9 Å². The molecule has 22 heavy (non-hydrogen) atoms. The van der Waals surface area contributed by atoms with Gasteiger partial charge in [0.1, 0.15) is 11.2 Å². The van der Waals surface area contributed by atoms with Gasteiger partial charge in [0.15, 0.2) is 0 Å². The fraction of sp³-hybridized carbons (Fsp3) is 0.778. The predicted molar refractivity (Wildman–Crippen MR) is 93.2 cm³/mol. The van der Waals surface area contributed by atoms with E-state index in [-0.39, 0.29) is 11.8 Å². The van der Waals surface area contributed by atoms with Gasteiger partial charge in [0, 0.05) is 11.8 Å². The number of methoxy groups -OCH3 is 1. The van der Waals surface area contributed by atoms with Crippen molar-refractivity contribution in [3.05, 3.63) is 12.2 Å². The number of halogens is 1. The molecule has 126 valence electrons. The number of esters is 1. The first-order valence-corrected chi connectivity index (χ1v) is 9.62. The Morgan fingerprint density at radius 2 is 1.68 bits per heavy atom. The van der Waals surface area contributed by atoms with E-state index in [0.717, 1.165) is 31.0 Å². The van der Waals surface area contributed by atoms with E-state index in [1.54, 1.807) is 0 Å². The van der Waals surface area contributed by atoms with Gasteiger partial charge in [-0.3, -0.25) is 9.59 Å². The monoisotopic (exact) mass is 372 g/mol. The number of alkyl halides is 1. The van der Waals surface area contributed by atoms with Crippen LogP contribution in [0.1, 0.15) is 70.6 Å². The van der Waals surface area contributed by atoms with Crippen LogP contribution in [0.5, 0.6) is 0 Å². The molecule has 0 radical (unpaired) electrons. The number of hydrogen-bond donors (Lipinski definition) is 0. The second-order valence-electron chi connectivity index (χ2n) is 6.16. The van der Waals surface area contributed by atoms with Gasteiger partial charge < -0.3 is 4.74 Å². The molecule has 0 aliphatic heterocycles. The normalized spacial score (nSPS) is 25.5. The molecule has 1 rings (SSSR count). The Labute approximate surface area is 143 Å². The van der Waals surface area contributed by atoms with E-state index in [1.807, 2.05) is 12.2 Å². The van der Waals surface area contributed by atoms with Crippen LogP contribution in [0, 0.1) is 5.41 Å². The van der Waals surface area contributed by atoms with Crippen molar-refractivity contribution in [3.63, 3.8) is 0 Å². The van der Waals surface area contributed by atoms with E-state index in [9.17, 15) is 9.59 Å². The van der Waals surface area contributed by atoms with Gasteiger partial charge in [-0.1, -0.05) is 73.0 Å². The zero-order chi connectivity index (χ0) is 16.3. The third kappa shape index (κ3) is 5.86. The van der Waals surface area contributed by atoms with Gasteiger partial charge in [0.25, 0.3) is 0 Å². The highest BCUT2D eigenvalue weighted by Crippen LogP contribution is 2.35. The summed E-state index contributed by atoms with van der Waals surface area (Å²) in [5, 5.41) is 0.735. The molecule has 1 unspecified atom stereocenters. The van der Waals surface area contributed by atoms with Crippen molar-refractivity contribution in [3.8, 4) is 0 Å². The molecule has 0 aromatic heterocycles. The van der Waals surface area contributed by atoms with Crippen molar-refractivity contribution in [1.82, 2.24) is 0 Å². The lowest BCUT2D eigenvalue weighted by atomic mass is 9.73. The number of rotatable bonds is 4. The van der Waals surface area contributed by atoms with Crippen molar-refractivity contribution >= 4 is 27.7 Å². The van der Waals surface area contributed by atoms with Crippen LogP contribution in [0.15, 0.2) is 12.2 Å². The molecule has 1 saturated carbocycles. The van der Waals surface area contributed by atoms with Gasteiger partial charge in [-0.15, -0.1) is 0 Å². The number of Topliss-reactive ketones (excluding diaryl/α,β-unsaturated/α-hetero) is 1. The van der Waals surface area contributed by atoms with Crippen LogP contribution in [0.2, 0.25) is 0 Å². The fourth-order valence-corrected chi connectivity index (χ4v) is 3.47. The van der Waals surface area contributed by atoms with E-state index >= 15 is 0 Å². The lowest BCUT2D eigenvalue weighted by Gasteiger charge is -2.29. The Kier molecular flexibility index (Phi) is 9.69. The maximum absolute atomic E-state index is 12.8. The summed E-state index contributed by atoms with van der Waals surface area (Å²) in [6, 6.07) is 0. The minimum Gasteiger partial charge on any atom is -0.468 e. The van der Waals surface area contributed by atoms with Gasteiger partial charge in [-0.2, -0.15) is 0 Å². The smallest absolute Gasteiger partial charge is 0.319 e. The van der Waals surface area contributed by atoms with Gasteiger partial charge >= 0.3 is 5.97 Å². The quantitative estimate of drug-likeness (QED) is 0.302. The first-order chi connectivity index (χ1) is 10.7. The molecular formula is C18H29BrO3. The second-order valence-corrected chi connectivity index (χ2v) is 6.80. The van der Waals surface area contributed by atoms with Crippen molar-refractivity contribution in [1.29, 1.82) is 0 Å². The van der Waals surface area contributed by atoms with Crippen LogP contribution in [-0.2, 0) is 14.3 Å². The molecule has 0 saturated heterocycles. The molecule has 1 aliphatic carbocycles. The number of allylic oxidation sites excluding steroid dienone is 2. The fourth-order valence-electron chi connectivity index (χ4n) is 3.21. The zero-order valence-electron chi connectivity index (χ0n) is 13.7. The second kappa shape index (κ2) is 11.0. The van der Waals surface area contributed by atoms with Crippen LogP contribution in [0.3, 0.4) is 0 Å². The van der Waals surface area contributed by atoms with Crippen LogP contribution in [-0.4, -0.2) is 24.2 Å². The van der Waals surface area contributed by atoms with E-state index in [4.69, 9.17) is 4.74 Å². The van der Waals surface area contributed by atoms with Gasteiger partial charge in [0.2, 0.25) is 0 Å². The Balaban J connectivity index is 2.92. The molecular weight excluding hydrogens is 344 g/mol. The zero-order valence-corrected chi connectivity index (χ0v) is 15.3. The van der Waals surface area contributed by atoms with Crippen molar-refractivity contribution in [2.45, 2.75) is 70.6 Å². The molecule has 0 amide bonds. The minimum atomic E-state index is -0.966. The highest BCUT2D eigenvalue weighted by molar-refractivity contribution is 9.09. The lowest BCUT2D eigenvalue weighted by Crippen LogP contribution is -2.40. The van der Waals surface area contributed by atoms with Crippen molar-refractivity contribution < 1.29 is 14.3 Å². The maximum Gasteiger partial charge on any atom is 0.319 e. The van der Waals surface area contributed by atoms with Crippen LogP contribution < -0.4 is 0 Å². The van der Waals surface area contributed by atoms with Gasteiger partial charge in [0.05, 0.1) is 7.11 Å². The molecule has 0 spiro atoms. The number of ketones is 1. The Hall–Kier alpha value is -0.640. The topological polar surface area (TPSA) is 43.4 Å². The highest BCUT2D eigenvalue weighted by atomic mass is 79.9. The number of hydrogen-bond acceptors (Lipinski definition) is 3. The van der Waals surface area contributed by atoms with Crippen molar-refractivity contribution in [2.24, 2.45) is 5.41 Å². The Morgan fingerprint density at radius 1 is 1.09 bits per heavy atom. The molecule has 1 aliphatic rings.